The van der Waals surface area contributed by atoms with Crippen molar-refractivity contribution in [3.63, 3.8) is 0 Å². The summed E-state index contributed by atoms with van der Waals surface area (Å²) in [6.07, 6.45) is 1.25. The van der Waals surface area contributed by atoms with Gasteiger partial charge in [-0.3, -0.25) is 5.32 Å². The van der Waals surface area contributed by atoms with Crippen molar-refractivity contribution >= 4 is 0 Å². The van der Waals surface area contributed by atoms with Crippen molar-refractivity contribution in [3.8, 4) is 0 Å². The van der Waals surface area contributed by atoms with Gasteiger partial charge in [-0.15, -0.1) is 0 Å². The van der Waals surface area contributed by atoms with Crippen molar-refractivity contribution in [2.75, 3.05) is 13.2 Å². The highest BCUT2D eigenvalue weighted by atomic mass is 16.3. The Balaban J connectivity index is 3.51. The molecule has 68 valence electrons. The molecule has 0 rings (SSSR count). The topological polar surface area (TPSA) is 52.5 Å². The number of hydrogen-bond acceptors (Lipinski definition) is 3. The van der Waals surface area contributed by atoms with E-state index >= 15 is 0 Å². The summed E-state index contributed by atoms with van der Waals surface area (Å²) in [6, 6.07) is 0. The quantitative estimate of drug-likeness (QED) is 0.492. The molecule has 2 atom stereocenters. The van der Waals surface area contributed by atoms with Crippen LogP contribution in [0.15, 0.2) is 0 Å². The maximum atomic E-state index is 9.37. The number of aliphatic hydroxyl groups is 2. The van der Waals surface area contributed by atoms with Crippen molar-refractivity contribution in [2.45, 2.75) is 32.9 Å². The molecule has 0 heterocycles. The molecule has 0 fully saturated rings. The lowest BCUT2D eigenvalue weighted by atomic mass is 10.1. The molecule has 0 aliphatic carbocycles. The highest BCUT2D eigenvalue weighted by Crippen LogP contribution is 2.04. The number of hydrogen-bond donors (Lipinski definition) is 3. The van der Waals surface area contributed by atoms with Gasteiger partial charge in [-0.05, 0) is 19.4 Å². The van der Waals surface area contributed by atoms with E-state index in [2.05, 4.69) is 5.32 Å². The van der Waals surface area contributed by atoms with Crippen LogP contribution in [0.5, 0.6) is 0 Å². The van der Waals surface area contributed by atoms with Gasteiger partial charge in [0, 0.05) is 12.5 Å². The summed E-state index contributed by atoms with van der Waals surface area (Å²) in [5.74, 6) is -0.0263. The van der Waals surface area contributed by atoms with E-state index in [1.54, 1.807) is 0 Å². The molecule has 0 saturated heterocycles. The molecule has 0 radical (unpaired) electrons. The van der Waals surface area contributed by atoms with Crippen molar-refractivity contribution in [3.05, 3.63) is 0 Å². The van der Waals surface area contributed by atoms with Crippen LogP contribution in [0.25, 0.3) is 0 Å². The van der Waals surface area contributed by atoms with Crippen molar-refractivity contribution in [1.29, 1.82) is 0 Å². The van der Waals surface area contributed by atoms with E-state index in [-0.39, 0.29) is 12.5 Å². The fraction of sp³-hybridized carbons (Fsp3) is 1.00. The van der Waals surface area contributed by atoms with Crippen LogP contribution in [-0.2, 0) is 0 Å². The average molecular weight is 161 g/mol. The summed E-state index contributed by atoms with van der Waals surface area (Å²) in [5, 5.41) is 21.1. The van der Waals surface area contributed by atoms with Crippen LogP contribution >= 0.6 is 0 Å². The van der Waals surface area contributed by atoms with Crippen LogP contribution in [0.2, 0.25) is 0 Å². The molecule has 0 aliphatic rings. The third-order valence-corrected chi connectivity index (χ3v) is 1.81. The van der Waals surface area contributed by atoms with E-state index in [0.717, 1.165) is 19.4 Å². The number of aliphatic hydroxyl groups excluding tert-OH is 2. The zero-order chi connectivity index (χ0) is 8.69. The lowest BCUT2D eigenvalue weighted by molar-refractivity contribution is 0.0402. The first kappa shape index (κ1) is 10.9. The maximum Gasteiger partial charge on any atom is 0.109 e. The van der Waals surface area contributed by atoms with Gasteiger partial charge < -0.3 is 10.2 Å². The van der Waals surface area contributed by atoms with E-state index < -0.39 is 6.23 Å². The van der Waals surface area contributed by atoms with Crippen molar-refractivity contribution in [2.24, 2.45) is 5.92 Å². The minimum Gasteiger partial charge on any atom is -0.396 e. The van der Waals surface area contributed by atoms with Gasteiger partial charge in [0.1, 0.15) is 6.23 Å². The molecule has 2 unspecified atom stereocenters. The third kappa shape index (κ3) is 4.35. The van der Waals surface area contributed by atoms with Gasteiger partial charge in [-0.1, -0.05) is 13.8 Å². The summed E-state index contributed by atoms with van der Waals surface area (Å²) in [5.41, 5.74) is 0. The largest absolute Gasteiger partial charge is 0.396 e. The zero-order valence-corrected chi connectivity index (χ0v) is 7.38. The fourth-order valence-corrected chi connectivity index (χ4v) is 0.911. The Labute approximate surface area is 68.4 Å². The van der Waals surface area contributed by atoms with Gasteiger partial charge in [0.15, 0.2) is 0 Å². The lowest BCUT2D eigenvalue weighted by Gasteiger charge is -2.19. The first-order valence-electron chi connectivity index (χ1n) is 4.28. The second-order valence-corrected chi connectivity index (χ2v) is 2.75. The zero-order valence-electron chi connectivity index (χ0n) is 7.38. The van der Waals surface area contributed by atoms with Gasteiger partial charge in [0.25, 0.3) is 0 Å². The van der Waals surface area contributed by atoms with Crippen LogP contribution in [0.1, 0.15) is 26.7 Å². The Kier molecular flexibility index (Phi) is 6.51. The third-order valence-electron chi connectivity index (χ3n) is 1.81. The lowest BCUT2D eigenvalue weighted by Crippen LogP contribution is -2.37. The van der Waals surface area contributed by atoms with Gasteiger partial charge in [-0.25, -0.2) is 0 Å². The van der Waals surface area contributed by atoms with Crippen molar-refractivity contribution < 1.29 is 10.2 Å². The molecule has 0 aromatic carbocycles. The Bertz CT molecular complexity index is 84.2. The van der Waals surface area contributed by atoms with Crippen LogP contribution in [0.3, 0.4) is 0 Å². The summed E-state index contributed by atoms with van der Waals surface area (Å²) in [4.78, 5) is 0. The number of nitrogens with one attached hydrogen (secondary N) is 1. The molecule has 0 amide bonds. The first-order valence-corrected chi connectivity index (χ1v) is 4.28. The Hall–Kier alpha value is -0.120. The Morgan fingerprint density at radius 1 is 1.36 bits per heavy atom. The van der Waals surface area contributed by atoms with Crippen LogP contribution in [-0.4, -0.2) is 29.6 Å². The van der Waals surface area contributed by atoms with E-state index in [1.165, 1.54) is 0 Å². The van der Waals surface area contributed by atoms with Gasteiger partial charge >= 0.3 is 0 Å². The number of rotatable bonds is 6. The maximum absolute atomic E-state index is 9.37. The van der Waals surface area contributed by atoms with E-state index in [9.17, 15) is 5.11 Å². The van der Waals surface area contributed by atoms with Crippen LogP contribution < -0.4 is 5.32 Å². The normalized spacial score (nSPS) is 16.4. The van der Waals surface area contributed by atoms with Gasteiger partial charge in [-0.2, -0.15) is 0 Å². The monoisotopic (exact) mass is 161 g/mol. The van der Waals surface area contributed by atoms with Gasteiger partial charge in [0.05, 0.1) is 0 Å². The summed E-state index contributed by atoms with van der Waals surface area (Å²) >= 11 is 0. The van der Waals surface area contributed by atoms with E-state index in [0.29, 0.717) is 0 Å². The predicted molar refractivity (Wildman–Crippen MR) is 45.2 cm³/mol. The van der Waals surface area contributed by atoms with E-state index in [4.69, 9.17) is 5.11 Å². The molecule has 0 saturated carbocycles. The predicted octanol–water partition coefficient (Wildman–Crippen LogP) is 0.323. The van der Waals surface area contributed by atoms with Gasteiger partial charge in [0.2, 0.25) is 0 Å². The molecule has 0 aliphatic heterocycles. The first-order chi connectivity index (χ1) is 5.26. The van der Waals surface area contributed by atoms with Crippen LogP contribution in [0.4, 0.5) is 0 Å². The smallest absolute Gasteiger partial charge is 0.109 e. The summed E-state index contributed by atoms with van der Waals surface area (Å²) in [7, 11) is 0. The molecule has 0 spiro atoms. The molecule has 3 heteroatoms. The molecular formula is C8H19NO2. The average Bonchev–Trinajstić information content (AvgIpc) is 2.03. The molecule has 3 nitrogen and oxygen atoms in total. The van der Waals surface area contributed by atoms with E-state index in [1.807, 2.05) is 13.8 Å². The molecule has 3 N–H and O–H groups in total. The minimum absolute atomic E-state index is 0.0263. The Morgan fingerprint density at radius 2 is 2.00 bits per heavy atom. The highest BCUT2D eigenvalue weighted by molar-refractivity contribution is 4.63. The summed E-state index contributed by atoms with van der Waals surface area (Å²) in [6.45, 7) is 4.85. The van der Waals surface area contributed by atoms with Crippen molar-refractivity contribution in [1.82, 2.24) is 5.32 Å². The molecular weight excluding hydrogens is 142 g/mol. The molecule has 11 heavy (non-hydrogen) atoms. The molecule has 0 bridgehead atoms. The minimum atomic E-state index is -0.551. The standard InChI is InChI=1S/C8H19NO2/c1-3-5-9-8(11)7(4-2)6-10/h7-11H,3-6H2,1-2H3. The molecule has 0 aromatic heterocycles. The summed E-state index contributed by atoms with van der Waals surface area (Å²) < 4.78 is 0. The Morgan fingerprint density at radius 3 is 2.36 bits per heavy atom. The fourth-order valence-electron chi connectivity index (χ4n) is 0.911. The van der Waals surface area contributed by atoms with Crippen LogP contribution in [0, 0.1) is 5.92 Å². The second kappa shape index (κ2) is 6.58. The second-order valence-electron chi connectivity index (χ2n) is 2.75. The SMILES string of the molecule is CCCNC(O)C(CC)CO. The highest BCUT2D eigenvalue weighted by Gasteiger charge is 2.14. The molecule has 0 aromatic rings.